The van der Waals surface area contributed by atoms with E-state index < -0.39 is 0 Å². The van der Waals surface area contributed by atoms with Crippen LogP contribution in [0.15, 0.2) is 0 Å². The predicted octanol–water partition coefficient (Wildman–Crippen LogP) is 4.25. The van der Waals surface area contributed by atoms with Gasteiger partial charge in [0.05, 0.1) is 0 Å². The lowest BCUT2D eigenvalue weighted by Gasteiger charge is -2.38. The number of hydrogen-bond acceptors (Lipinski definition) is 2. The van der Waals surface area contributed by atoms with Crippen molar-refractivity contribution in [2.75, 3.05) is 11.3 Å². The van der Waals surface area contributed by atoms with Crippen molar-refractivity contribution in [2.45, 2.75) is 45.3 Å². The number of fused-ring (bicyclic) bond motifs is 2. The molecule has 0 unspecified atom stereocenters. The summed E-state index contributed by atoms with van der Waals surface area (Å²) in [6.45, 7) is 7.55. The smallest absolute Gasteiger partial charge is 0.0392 e. The van der Waals surface area contributed by atoms with Gasteiger partial charge in [0, 0.05) is 10.3 Å². The Labute approximate surface area is 97.0 Å². The van der Waals surface area contributed by atoms with Gasteiger partial charge in [0.1, 0.15) is 0 Å². The molecule has 0 amide bonds. The molecule has 2 bridgehead atoms. The second-order valence-electron chi connectivity index (χ2n) is 5.67. The fraction of sp³-hybridized carbons (Fsp3) is 1.00. The minimum Gasteiger partial charge on any atom is -0.154 e. The van der Waals surface area contributed by atoms with E-state index in [0.717, 1.165) is 11.2 Å². The Morgan fingerprint density at radius 2 is 2.00 bits per heavy atom. The molecule has 2 fully saturated rings. The second kappa shape index (κ2) is 3.62. The molecule has 82 valence electrons. The molecule has 2 aliphatic rings. The Balaban J connectivity index is 2.11. The van der Waals surface area contributed by atoms with Crippen LogP contribution in [0.2, 0.25) is 0 Å². The first-order valence-corrected chi connectivity index (χ1v) is 8.07. The summed E-state index contributed by atoms with van der Waals surface area (Å²) < 4.78 is 0. The van der Waals surface area contributed by atoms with E-state index in [0.29, 0.717) is 10.8 Å². The maximum atomic E-state index is 2.54. The molecule has 2 rings (SSSR count). The molecule has 0 heterocycles. The van der Waals surface area contributed by atoms with Crippen molar-refractivity contribution in [2.24, 2.45) is 16.7 Å². The van der Waals surface area contributed by atoms with Crippen LogP contribution in [-0.2, 0) is 0 Å². The molecule has 0 aromatic heterocycles. The third-order valence-corrected chi connectivity index (χ3v) is 7.70. The Morgan fingerprint density at radius 1 is 1.29 bits per heavy atom. The Morgan fingerprint density at radius 3 is 2.43 bits per heavy atom. The van der Waals surface area contributed by atoms with E-state index in [2.05, 4.69) is 38.8 Å². The number of hydrogen-bond donors (Lipinski definition) is 0. The average molecular weight is 230 g/mol. The van der Waals surface area contributed by atoms with Gasteiger partial charge in [0.25, 0.3) is 0 Å². The quantitative estimate of drug-likeness (QED) is 0.665. The lowest BCUT2D eigenvalue weighted by Crippen LogP contribution is -2.33. The second-order valence-corrected chi connectivity index (χ2v) is 8.09. The molecular weight excluding hydrogens is 208 g/mol. The van der Waals surface area contributed by atoms with Gasteiger partial charge in [-0.3, -0.25) is 0 Å². The third-order valence-electron chi connectivity index (χ3n) is 5.10. The van der Waals surface area contributed by atoms with E-state index in [9.17, 15) is 0 Å². The first-order valence-electron chi connectivity index (χ1n) is 5.63. The van der Waals surface area contributed by atoms with Crippen LogP contribution in [0.4, 0.5) is 0 Å². The van der Waals surface area contributed by atoms with Crippen LogP contribution in [0.3, 0.4) is 0 Å². The molecule has 0 radical (unpaired) electrons. The predicted molar refractivity (Wildman–Crippen MR) is 69.0 cm³/mol. The number of rotatable bonds is 3. The lowest BCUT2D eigenvalue weighted by atomic mass is 9.71. The third kappa shape index (κ3) is 1.36. The molecule has 2 heteroatoms. The average Bonchev–Trinajstić information content (AvgIpc) is 2.46. The summed E-state index contributed by atoms with van der Waals surface area (Å²) in [5, 5.41) is 2.21. The van der Waals surface area contributed by atoms with Gasteiger partial charge in [-0.25, -0.2) is 0 Å². The van der Waals surface area contributed by atoms with Gasteiger partial charge in [-0.2, -0.15) is 11.8 Å². The minimum absolute atomic E-state index is 0.600. The summed E-state index contributed by atoms with van der Waals surface area (Å²) in [7, 11) is 0. The Kier molecular flexibility index (Phi) is 2.90. The minimum atomic E-state index is 0.600. The van der Waals surface area contributed by atoms with Gasteiger partial charge >= 0.3 is 0 Å². The molecule has 2 saturated carbocycles. The standard InChI is InChI=1S/C12H22S2/c1-11(2)9-5-6-12(11,3)10(7-9)14-8-13-4/h9-10H,5-8H2,1-4H3/t9-,10-,12+/m0/s1. The SMILES string of the molecule is CSCS[C@H]1C[C@@H]2CC[C@@]1(C)C2(C)C. The zero-order valence-electron chi connectivity index (χ0n) is 9.80. The molecule has 0 aromatic carbocycles. The summed E-state index contributed by atoms with van der Waals surface area (Å²) in [4.78, 5) is 0. The normalized spacial score (nSPS) is 44.6. The van der Waals surface area contributed by atoms with Gasteiger partial charge in [-0.1, -0.05) is 20.8 Å². The van der Waals surface area contributed by atoms with E-state index in [1.165, 1.54) is 24.3 Å². The van der Waals surface area contributed by atoms with Crippen LogP contribution in [0.5, 0.6) is 0 Å². The highest BCUT2D eigenvalue weighted by atomic mass is 32.2. The number of thioether (sulfide) groups is 2. The van der Waals surface area contributed by atoms with E-state index in [-0.39, 0.29) is 0 Å². The van der Waals surface area contributed by atoms with Crippen molar-refractivity contribution in [1.82, 2.24) is 0 Å². The molecule has 0 nitrogen and oxygen atoms in total. The van der Waals surface area contributed by atoms with Crippen LogP contribution < -0.4 is 0 Å². The largest absolute Gasteiger partial charge is 0.154 e. The highest BCUT2D eigenvalue weighted by Gasteiger charge is 2.61. The van der Waals surface area contributed by atoms with Crippen molar-refractivity contribution >= 4 is 23.5 Å². The molecule has 0 N–H and O–H groups in total. The molecule has 0 spiro atoms. The topological polar surface area (TPSA) is 0 Å². The summed E-state index contributed by atoms with van der Waals surface area (Å²) in [6.07, 6.45) is 6.65. The van der Waals surface area contributed by atoms with Gasteiger partial charge in [-0.05, 0) is 42.3 Å². The monoisotopic (exact) mass is 230 g/mol. The van der Waals surface area contributed by atoms with Crippen LogP contribution in [0.1, 0.15) is 40.0 Å². The van der Waals surface area contributed by atoms with Crippen molar-refractivity contribution < 1.29 is 0 Å². The summed E-state index contributed by atoms with van der Waals surface area (Å²) >= 11 is 4.19. The van der Waals surface area contributed by atoms with Crippen LogP contribution in [0.25, 0.3) is 0 Å². The molecule has 3 atom stereocenters. The van der Waals surface area contributed by atoms with Crippen molar-refractivity contribution in [1.29, 1.82) is 0 Å². The zero-order valence-corrected chi connectivity index (χ0v) is 11.4. The Bertz CT molecular complexity index is 224. The summed E-state index contributed by atoms with van der Waals surface area (Å²) in [5.41, 5.74) is 1.22. The van der Waals surface area contributed by atoms with E-state index in [1.54, 1.807) is 0 Å². The molecule has 0 aromatic rings. The lowest BCUT2D eigenvalue weighted by molar-refractivity contribution is 0.156. The molecule has 14 heavy (non-hydrogen) atoms. The van der Waals surface area contributed by atoms with Crippen LogP contribution >= 0.6 is 23.5 Å². The van der Waals surface area contributed by atoms with Crippen molar-refractivity contribution in [3.63, 3.8) is 0 Å². The maximum absolute atomic E-state index is 2.54. The first kappa shape index (κ1) is 11.2. The summed E-state index contributed by atoms with van der Waals surface area (Å²) in [5.74, 6) is 1.01. The highest BCUT2D eigenvalue weighted by Crippen LogP contribution is 2.68. The van der Waals surface area contributed by atoms with Crippen molar-refractivity contribution in [3.8, 4) is 0 Å². The first-order chi connectivity index (χ1) is 6.52. The Hall–Kier alpha value is 0.700. The maximum Gasteiger partial charge on any atom is 0.0392 e. The van der Waals surface area contributed by atoms with Gasteiger partial charge in [-0.15, -0.1) is 11.8 Å². The molecule has 2 aliphatic carbocycles. The fourth-order valence-electron chi connectivity index (χ4n) is 3.53. The van der Waals surface area contributed by atoms with E-state index in [4.69, 9.17) is 0 Å². The van der Waals surface area contributed by atoms with E-state index in [1.807, 2.05) is 11.8 Å². The molecule has 0 aliphatic heterocycles. The van der Waals surface area contributed by atoms with Gasteiger partial charge < -0.3 is 0 Å². The van der Waals surface area contributed by atoms with Gasteiger partial charge in [0.2, 0.25) is 0 Å². The van der Waals surface area contributed by atoms with Crippen LogP contribution in [0, 0.1) is 16.7 Å². The fourth-order valence-corrected chi connectivity index (χ4v) is 5.89. The summed E-state index contributed by atoms with van der Waals surface area (Å²) in [6, 6.07) is 0. The molecular formula is C12H22S2. The van der Waals surface area contributed by atoms with Crippen LogP contribution in [-0.4, -0.2) is 16.6 Å². The highest BCUT2D eigenvalue weighted by molar-refractivity contribution is 8.15. The van der Waals surface area contributed by atoms with E-state index >= 15 is 0 Å². The van der Waals surface area contributed by atoms with Crippen molar-refractivity contribution in [3.05, 3.63) is 0 Å². The van der Waals surface area contributed by atoms with Gasteiger partial charge in [0.15, 0.2) is 0 Å². The molecule has 0 saturated heterocycles. The zero-order chi connectivity index (χ0) is 10.4.